The Labute approximate surface area is 115 Å². The highest BCUT2D eigenvalue weighted by Gasteiger charge is 2.27. The summed E-state index contributed by atoms with van der Waals surface area (Å²) >= 11 is 1.47. The molecule has 19 heavy (non-hydrogen) atoms. The van der Waals surface area contributed by atoms with Crippen LogP contribution in [0.1, 0.15) is 32.1 Å². The molecule has 0 saturated carbocycles. The molecule has 1 aromatic heterocycles. The van der Waals surface area contributed by atoms with Gasteiger partial charge in [-0.1, -0.05) is 6.07 Å². The maximum atomic E-state index is 12.4. The van der Waals surface area contributed by atoms with E-state index in [1.165, 1.54) is 16.9 Å². The number of carbonyl (C=O) groups is 1. The van der Waals surface area contributed by atoms with Crippen LogP contribution < -0.4 is 5.73 Å². The number of thiazole rings is 1. The SMILES string of the molecule is Cc1ccc(C(=O)N2Cc3nc(N)sc3C2)cc1C. The van der Waals surface area contributed by atoms with Gasteiger partial charge < -0.3 is 10.6 Å². The van der Waals surface area contributed by atoms with Gasteiger partial charge in [0, 0.05) is 5.56 Å². The number of carbonyl (C=O) groups excluding carboxylic acids is 1. The first-order valence-corrected chi connectivity index (χ1v) is 6.97. The lowest BCUT2D eigenvalue weighted by Crippen LogP contribution is -2.25. The fourth-order valence-electron chi connectivity index (χ4n) is 2.26. The summed E-state index contributed by atoms with van der Waals surface area (Å²) in [5, 5.41) is 0.586. The first kappa shape index (κ1) is 12.2. The minimum atomic E-state index is 0.0619. The summed E-state index contributed by atoms with van der Waals surface area (Å²) in [4.78, 5) is 19.6. The number of hydrogen-bond donors (Lipinski definition) is 1. The third-order valence-electron chi connectivity index (χ3n) is 3.51. The fraction of sp³-hybridized carbons (Fsp3) is 0.286. The lowest BCUT2D eigenvalue weighted by molar-refractivity contribution is 0.0751. The molecular weight excluding hydrogens is 258 g/mol. The third-order valence-corrected chi connectivity index (χ3v) is 4.42. The van der Waals surface area contributed by atoms with Gasteiger partial charge in [0.15, 0.2) is 5.13 Å². The summed E-state index contributed by atoms with van der Waals surface area (Å²) in [6.07, 6.45) is 0. The summed E-state index contributed by atoms with van der Waals surface area (Å²) in [7, 11) is 0. The van der Waals surface area contributed by atoms with E-state index in [9.17, 15) is 4.79 Å². The minimum absolute atomic E-state index is 0.0619. The van der Waals surface area contributed by atoms with Crippen LogP contribution in [-0.2, 0) is 13.1 Å². The molecule has 1 aliphatic rings. The van der Waals surface area contributed by atoms with E-state index >= 15 is 0 Å². The number of anilines is 1. The maximum absolute atomic E-state index is 12.4. The zero-order valence-corrected chi connectivity index (χ0v) is 11.8. The van der Waals surface area contributed by atoms with Crippen molar-refractivity contribution < 1.29 is 4.79 Å². The topological polar surface area (TPSA) is 59.2 Å². The molecule has 2 N–H and O–H groups in total. The van der Waals surface area contributed by atoms with E-state index in [0.29, 0.717) is 18.2 Å². The number of benzene rings is 1. The summed E-state index contributed by atoms with van der Waals surface area (Å²) in [6.45, 7) is 5.25. The molecule has 0 saturated heterocycles. The van der Waals surface area contributed by atoms with Crippen molar-refractivity contribution in [2.24, 2.45) is 0 Å². The lowest BCUT2D eigenvalue weighted by atomic mass is 10.1. The second kappa shape index (κ2) is 4.35. The zero-order valence-electron chi connectivity index (χ0n) is 10.9. The molecule has 0 spiro atoms. The van der Waals surface area contributed by atoms with Crippen molar-refractivity contribution in [3.63, 3.8) is 0 Å². The van der Waals surface area contributed by atoms with Gasteiger partial charge in [-0.25, -0.2) is 4.98 Å². The number of nitrogens with zero attached hydrogens (tertiary/aromatic N) is 2. The smallest absolute Gasteiger partial charge is 0.254 e. The molecule has 1 aliphatic heterocycles. The van der Waals surface area contributed by atoms with Crippen LogP contribution in [0.15, 0.2) is 18.2 Å². The first-order chi connectivity index (χ1) is 9.04. The highest BCUT2D eigenvalue weighted by Crippen LogP contribution is 2.30. The van der Waals surface area contributed by atoms with Crippen LogP contribution in [0, 0.1) is 13.8 Å². The van der Waals surface area contributed by atoms with E-state index in [0.717, 1.165) is 21.7 Å². The summed E-state index contributed by atoms with van der Waals surface area (Å²) in [5.74, 6) is 0.0619. The number of aryl methyl sites for hydroxylation is 2. The Hall–Kier alpha value is -1.88. The van der Waals surface area contributed by atoms with Gasteiger partial charge in [-0.15, -0.1) is 11.3 Å². The van der Waals surface area contributed by atoms with E-state index < -0.39 is 0 Å². The van der Waals surface area contributed by atoms with E-state index in [-0.39, 0.29) is 5.91 Å². The quantitative estimate of drug-likeness (QED) is 0.868. The molecule has 0 aliphatic carbocycles. The van der Waals surface area contributed by atoms with E-state index in [1.54, 1.807) is 0 Å². The zero-order chi connectivity index (χ0) is 13.6. The van der Waals surface area contributed by atoms with E-state index in [4.69, 9.17) is 5.73 Å². The third kappa shape index (κ3) is 2.10. The number of nitrogen functional groups attached to an aromatic ring is 1. The second-order valence-corrected chi connectivity index (χ2v) is 6.00. The largest absolute Gasteiger partial charge is 0.375 e. The normalized spacial score (nSPS) is 13.7. The molecule has 3 rings (SSSR count). The monoisotopic (exact) mass is 273 g/mol. The predicted octanol–water partition coefficient (Wildman–Crippen LogP) is 2.50. The van der Waals surface area contributed by atoms with Gasteiger partial charge in [0.25, 0.3) is 5.91 Å². The highest BCUT2D eigenvalue weighted by molar-refractivity contribution is 7.15. The van der Waals surface area contributed by atoms with Crippen molar-refractivity contribution in [1.82, 2.24) is 9.88 Å². The van der Waals surface area contributed by atoms with Crippen molar-refractivity contribution in [3.05, 3.63) is 45.5 Å². The lowest BCUT2D eigenvalue weighted by Gasteiger charge is -2.16. The average Bonchev–Trinajstić information content (AvgIpc) is 2.88. The number of fused-ring (bicyclic) bond motifs is 1. The van der Waals surface area contributed by atoms with Gasteiger partial charge in [-0.2, -0.15) is 0 Å². The van der Waals surface area contributed by atoms with Crippen LogP contribution in [0.4, 0.5) is 5.13 Å². The Balaban J connectivity index is 1.82. The number of nitrogens with two attached hydrogens (primary N) is 1. The number of rotatable bonds is 1. The summed E-state index contributed by atoms with van der Waals surface area (Å²) in [5.41, 5.74) is 9.69. The molecule has 2 heterocycles. The number of aromatic nitrogens is 1. The molecule has 5 heteroatoms. The standard InChI is InChI=1S/C14H15N3OS/c1-8-3-4-10(5-9(8)2)13(18)17-6-11-12(7-17)19-14(15)16-11/h3-5H,6-7H2,1-2H3,(H2,15,16). The van der Waals surface area contributed by atoms with Crippen molar-refractivity contribution in [1.29, 1.82) is 0 Å². The first-order valence-electron chi connectivity index (χ1n) is 6.15. The average molecular weight is 273 g/mol. The molecule has 1 amide bonds. The van der Waals surface area contributed by atoms with E-state index in [1.807, 2.05) is 36.9 Å². The molecular formula is C14H15N3OS. The Bertz CT molecular complexity index is 639. The van der Waals surface area contributed by atoms with Crippen LogP contribution >= 0.6 is 11.3 Å². The Morgan fingerprint density at radius 3 is 2.79 bits per heavy atom. The van der Waals surface area contributed by atoms with Crippen molar-refractivity contribution >= 4 is 22.4 Å². The molecule has 0 unspecified atom stereocenters. The Morgan fingerprint density at radius 1 is 1.32 bits per heavy atom. The Kier molecular flexibility index (Phi) is 2.78. The van der Waals surface area contributed by atoms with Gasteiger partial charge in [0.05, 0.1) is 23.7 Å². The van der Waals surface area contributed by atoms with Gasteiger partial charge in [-0.3, -0.25) is 4.79 Å². The van der Waals surface area contributed by atoms with Crippen LogP contribution in [0.2, 0.25) is 0 Å². The maximum Gasteiger partial charge on any atom is 0.254 e. The van der Waals surface area contributed by atoms with Crippen LogP contribution in [-0.4, -0.2) is 15.8 Å². The van der Waals surface area contributed by atoms with Gasteiger partial charge >= 0.3 is 0 Å². The fourth-order valence-corrected chi connectivity index (χ4v) is 3.12. The van der Waals surface area contributed by atoms with Crippen molar-refractivity contribution in [2.75, 3.05) is 5.73 Å². The van der Waals surface area contributed by atoms with Gasteiger partial charge in [-0.05, 0) is 37.1 Å². The van der Waals surface area contributed by atoms with E-state index in [2.05, 4.69) is 4.98 Å². The van der Waals surface area contributed by atoms with Crippen LogP contribution in [0.25, 0.3) is 0 Å². The summed E-state index contributed by atoms with van der Waals surface area (Å²) < 4.78 is 0. The second-order valence-electron chi connectivity index (χ2n) is 4.88. The van der Waals surface area contributed by atoms with Gasteiger partial charge in [0.2, 0.25) is 0 Å². The Morgan fingerprint density at radius 2 is 2.11 bits per heavy atom. The molecule has 2 aromatic rings. The van der Waals surface area contributed by atoms with Crippen molar-refractivity contribution in [3.8, 4) is 0 Å². The van der Waals surface area contributed by atoms with Crippen LogP contribution in [0.5, 0.6) is 0 Å². The molecule has 4 nitrogen and oxygen atoms in total. The number of amides is 1. The predicted molar refractivity (Wildman–Crippen MR) is 76.0 cm³/mol. The molecule has 0 atom stereocenters. The molecule has 0 fully saturated rings. The van der Waals surface area contributed by atoms with Crippen molar-refractivity contribution in [2.45, 2.75) is 26.9 Å². The molecule has 0 bridgehead atoms. The number of hydrogen-bond acceptors (Lipinski definition) is 4. The minimum Gasteiger partial charge on any atom is -0.375 e. The highest BCUT2D eigenvalue weighted by atomic mass is 32.1. The van der Waals surface area contributed by atoms with Crippen LogP contribution in [0.3, 0.4) is 0 Å². The molecule has 1 aromatic carbocycles. The summed E-state index contributed by atoms with van der Waals surface area (Å²) in [6, 6.07) is 5.83. The molecule has 98 valence electrons. The van der Waals surface area contributed by atoms with Gasteiger partial charge in [0.1, 0.15) is 0 Å². The molecule has 0 radical (unpaired) electrons.